The summed E-state index contributed by atoms with van der Waals surface area (Å²) in [6, 6.07) is 2.11. The summed E-state index contributed by atoms with van der Waals surface area (Å²) >= 11 is 0. The van der Waals surface area contributed by atoms with E-state index in [-0.39, 0.29) is 49.6 Å². The first-order chi connectivity index (χ1) is 13.6. The molecule has 0 aromatic heterocycles. The molecular weight excluding hydrogens is 385 g/mol. The van der Waals surface area contributed by atoms with Gasteiger partial charge in [0.15, 0.2) is 0 Å². The molecule has 158 valence electrons. The minimum absolute atomic E-state index is 0.0503. The van der Waals surface area contributed by atoms with E-state index in [1.165, 1.54) is 24.0 Å². The van der Waals surface area contributed by atoms with Gasteiger partial charge in [0.05, 0.1) is 25.7 Å². The number of carboxylic acids is 1. The first-order valence-corrected chi connectivity index (χ1v) is 9.02. The molecule has 0 radical (unpaired) electrons. The van der Waals surface area contributed by atoms with E-state index in [0.717, 1.165) is 0 Å². The maximum atomic E-state index is 12.0. The molecule has 0 spiro atoms. The van der Waals surface area contributed by atoms with E-state index in [9.17, 15) is 24.6 Å². The second kappa shape index (κ2) is 9.59. The number of nitrogens with one attached hydrogen (secondary N) is 1. The summed E-state index contributed by atoms with van der Waals surface area (Å²) < 4.78 is 5.61. The van der Waals surface area contributed by atoms with E-state index < -0.39 is 42.5 Å². The highest BCUT2D eigenvalue weighted by Gasteiger charge is 2.34. The van der Waals surface area contributed by atoms with Crippen LogP contribution in [0.15, 0.2) is 12.1 Å². The first kappa shape index (κ1) is 22.5. The number of benzene rings is 1. The first-order valence-electron chi connectivity index (χ1n) is 9.02. The van der Waals surface area contributed by atoms with Crippen LogP contribution in [-0.4, -0.2) is 81.8 Å². The number of hydrogen-bond acceptors (Lipinski definition) is 8. The molecule has 1 aromatic carbocycles. The van der Waals surface area contributed by atoms with Gasteiger partial charge in [0.25, 0.3) is 0 Å². The highest BCUT2D eigenvalue weighted by Crippen LogP contribution is 2.33. The topological polar surface area (TPSA) is 183 Å². The largest absolute Gasteiger partial charge is 0.507 e. The molecule has 1 aromatic rings. The van der Waals surface area contributed by atoms with Gasteiger partial charge in [-0.3, -0.25) is 9.59 Å². The van der Waals surface area contributed by atoms with Gasteiger partial charge in [-0.05, 0) is 31.3 Å². The molecule has 1 aliphatic rings. The quantitative estimate of drug-likeness (QED) is 0.255. The van der Waals surface area contributed by atoms with Crippen LogP contribution < -0.4 is 15.8 Å². The Labute approximate surface area is 167 Å². The van der Waals surface area contributed by atoms with Crippen LogP contribution in [0.5, 0.6) is 11.5 Å². The van der Waals surface area contributed by atoms with Crippen molar-refractivity contribution < 1.29 is 39.4 Å². The maximum Gasteiger partial charge on any atom is 0.451 e. The number of amides is 2. The van der Waals surface area contributed by atoms with Crippen molar-refractivity contribution in [2.75, 3.05) is 19.6 Å². The average molecular weight is 409 g/mol. The minimum atomic E-state index is -1.57. The Hall–Kier alpha value is -2.83. The zero-order chi connectivity index (χ0) is 21.7. The number of aromatic carboxylic acids is 1. The molecule has 0 unspecified atom stereocenters. The monoisotopic (exact) mass is 409 g/mol. The van der Waals surface area contributed by atoms with Gasteiger partial charge in [-0.2, -0.15) is 0 Å². The van der Waals surface area contributed by atoms with Crippen molar-refractivity contribution >= 4 is 24.9 Å². The van der Waals surface area contributed by atoms with E-state index in [1.54, 1.807) is 0 Å². The molecular formula is C17H24BN3O8. The summed E-state index contributed by atoms with van der Waals surface area (Å²) in [7, 11) is -1.57. The molecule has 12 heteroatoms. The SMILES string of the molecule is C[C@@H](N)C(=O)NCC(=O)N1CC(Oc2ccc(CCB(O)O)c(O)c2C(=O)O)C1. The van der Waals surface area contributed by atoms with E-state index in [2.05, 4.69) is 5.32 Å². The van der Waals surface area contributed by atoms with Crippen LogP contribution in [0.1, 0.15) is 22.8 Å². The number of nitrogens with zero attached hydrogens (tertiary/aromatic N) is 1. The highest BCUT2D eigenvalue weighted by molar-refractivity contribution is 6.41. The lowest BCUT2D eigenvalue weighted by Gasteiger charge is -2.39. The summed E-state index contributed by atoms with van der Waals surface area (Å²) in [5.74, 6) is -2.71. The summed E-state index contributed by atoms with van der Waals surface area (Å²) in [5.41, 5.74) is 5.22. The fraction of sp³-hybridized carbons (Fsp3) is 0.471. The third-order valence-corrected chi connectivity index (χ3v) is 4.43. The number of carbonyl (C=O) groups is 3. The van der Waals surface area contributed by atoms with Crippen LogP contribution in [0.3, 0.4) is 0 Å². The molecule has 1 atom stereocenters. The summed E-state index contributed by atoms with van der Waals surface area (Å²) in [6.45, 7) is 1.70. The number of carbonyl (C=O) groups excluding carboxylic acids is 2. The molecule has 1 saturated heterocycles. The zero-order valence-corrected chi connectivity index (χ0v) is 15.9. The van der Waals surface area contributed by atoms with Gasteiger partial charge in [-0.15, -0.1) is 0 Å². The number of ether oxygens (including phenoxy) is 1. The zero-order valence-electron chi connectivity index (χ0n) is 15.9. The van der Waals surface area contributed by atoms with Gasteiger partial charge in [-0.25, -0.2) is 4.79 Å². The van der Waals surface area contributed by atoms with E-state index in [0.29, 0.717) is 0 Å². The number of rotatable bonds is 9. The standard InChI is InChI=1S/C17H24BN3O8/c1-9(19)16(24)20-6-13(22)21-7-11(8-21)29-12-3-2-10(4-5-18(27)28)15(23)14(12)17(25)26/h2-3,9,11,23,27-28H,4-8,19H2,1H3,(H,20,24)(H,25,26)/t9-/m1/s1. The molecule has 1 aliphatic heterocycles. The minimum Gasteiger partial charge on any atom is -0.507 e. The molecule has 0 saturated carbocycles. The molecule has 11 nitrogen and oxygen atoms in total. The molecule has 2 amide bonds. The number of carboxylic acid groups (broad SMARTS) is 1. The molecule has 7 N–H and O–H groups in total. The van der Waals surface area contributed by atoms with Crippen molar-refractivity contribution in [3.63, 3.8) is 0 Å². The second-order valence-electron chi connectivity index (χ2n) is 6.82. The molecule has 2 rings (SSSR count). The molecule has 1 heterocycles. The van der Waals surface area contributed by atoms with Gasteiger partial charge in [-0.1, -0.05) is 6.07 Å². The smallest absolute Gasteiger partial charge is 0.451 e. The van der Waals surface area contributed by atoms with Gasteiger partial charge < -0.3 is 40.9 Å². The van der Waals surface area contributed by atoms with Gasteiger partial charge >= 0.3 is 13.1 Å². The normalized spacial score (nSPS) is 14.7. The number of likely N-dealkylation sites (tertiary alicyclic amines) is 1. The number of aromatic hydroxyl groups is 1. The number of hydrogen-bond donors (Lipinski definition) is 6. The van der Waals surface area contributed by atoms with Gasteiger partial charge in [0.1, 0.15) is 23.2 Å². The third kappa shape index (κ3) is 5.83. The predicted octanol–water partition coefficient (Wildman–Crippen LogP) is -1.84. The van der Waals surface area contributed by atoms with Crippen LogP contribution in [0.25, 0.3) is 0 Å². The Morgan fingerprint density at radius 3 is 2.55 bits per heavy atom. The fourth-order valence-electron chi connectivity index (χ4n) is 2.74. The lowest BCUT2D eigenvalue weighted by atomic mass is 9.82. The Bertz CT molecular complexity index is 780. The molecule has 1 fully saturated rings. The van der Waals surface area contributed by atoms with Crippen molar-refractivity contribution in [2.45, 2.75) is 31.8 Å². The van der Waals surface area contributed by atoms with E-state index >= 15 is 0 Å². The summed E-state index contributed by atoms with van der Waals surface area (Å²) in [4.78, 5) is 36.4. The second-order valence-corrected chi connectivity index (χ2v) is 6.82. The van der Waals surface area contributed by atoms with Crippen molar-refractivity contribution in [3.8, 4) is 11.5 Å². The van der Waals surface area contributed by atoms with Gasteiger partial charge in [0.2, 0.25) is 11.8 Å². The predicted molar refractivity (Wildman–Crippen MR) is 101 cm³/mol. The maximum absolute atomic E-state index is 12.0. The number of aryl methyl sites for hydroxylation is 1. The van der Waals surface area contributed by atoms with Crippen LogP contribution in [0.4, 0.5) is 0 Å². The number of phenols is 1. The van der Waals surface area contributed by atoms with Crippen LogP contribution in [0, 0.1) is 0 Å². The number of nitrogens with two attached hydrogens (primary N) is 1. The third-order valence-electron chi connectivity index (χ3n) is 4.43. The summed E-state index contributed by atoms with van der Waals surface area (Å²) in [6.07, 6.45) is -0.458. The highest BCUT2D eigenvalue weighted by atomic mass is 16.5. The van der Waals surface area contributed by atoms with Gasteiger partial charge in [0, 0.05) is 0 Å². The summed E-state index contributed by atoms with van der Waals surface area (Å²) in [5, 5.41) is 39.9. The lowest BCUT2D eigenvalue weighted by Crippen LogP contribution is -2.58. The van der Waals surface area contributed by atoms with Crippen LogP contribution in [0.2, 0.25) is 6.32 Å². The Balaban J connectivity index is 1.96. The molecule has 0 aliphatic carbocycles. The average Bonchev–Trinajstić information content (AvgIpc) is 2.60. The van der Waals surface area contributed by atoms with Crippen LogP contribution >= 0.6 is 0 Å². The van der Waals surface area contributed by atoms with E-state index in [4.69, 9.17) is 20.5 Å². The molecule has 29 heavy (non-hydrogen) atoms. The van der Waals surface area contributed by atoms with Crippen molar-refractivity contribution in [2.24, 2.45) is 5.73 Å². The fourth-order valence-corrected chi connectivity index (χ4v) is 2.74. The Morgan fingerprint density at radius 1 is 1.34 bits per heavy atom. The Kier molecular flexibility index (Phi) is 7.43. The van der Waals surface area contributed by atoms with Crippen molar-refractivity contribution in [3.05, 3.63) is 23.3 Å². The van der Waals surface area contributed by atoms with Crippen LogP contribution in [-0.2, 0) is 16.0 Å². The molecule has 0 bridgehead atoms. The Morgan fingerprint density at radius 2 is 2.00 bits per heavy atom. The van der Waals surface area contributed by atoms with Crippen molar-refractivity contribution in [1.29, 1.82) is 0 Å². The van der Waals surface area contributed by atoms with Crippen molar-refractivity contribution in [1.82, 2.24) is 10.2 Å². The van der Waals surface area contributed by atoms with E-state index in [1.807, 2.05) is 0 Å². The lowest BCUT2D eigenvalue weighted by molar-refractivity contribution is -0.140.